The monoisotopic (exact) mass is 490 g/mol. The Kier molecular flexibility index (Phi) is 9.04. The maximum absolute atomic E-state index is 13.2. The summed E-state index contributed by atoms with van der Waals surface area (Å²) in [5, 5.41) is 4.09. The smallest absolute Gasteiger partial charge is 0.261 e. The minimum absolute atomic E-state index is 0.161. The zero-order valence-corrected chi connectivity index (χ0v) is 21.0. The third-order valence-electron chi connectivity index (χ3n) is 6.32. The first kappa shape index (κ1) is 25.4. The molecule has 0 heterocycles. The molecule has 1 N–H and O–H groups in total. The Morgan fingerprint density at radius 3 is 2.45 bits per heavy atom. The van der Waals surface area contributed by atoms with Gasteiger partial charge in [0.25, 0.3) is 5.91 Å². The average Bonchev–Trinajstić information content (AvgIpc) is 2.79. The fourth-order valence-corrected chi connectivity index (χ4v) is 4.48. The van der Waals surface area contributed by atoms with Crippen LogP contribution < -0.4 is 10.1 Å². The van der Waals surface area contributed by atoms with E-state index in [0.717, 1.165) is 42.4 Å². The van der Waals surface area contributed by atoms with Crippen LogP contribution in [0.5, 0.6) is 5.75 Å². The summed E-state index contributed by atoms with van der Waals surface area (Å²) in [7, 11) is 0. The van der Waals surface area contributed by atoms with Crippen molar-refractivity contribution < 1.29 is 14.3 Å². The molecule has 5 nitrogen and oxygen atoms in total. The van der Waals surface area contributed by atoms with E-state index in [2.05, 4.69) is 5.32 Å². The SMILES string of the molecule is Cc1ccc(OCC(=O)N(Cc2ccc(Cl)cc2Cl)[C@@H](C)C(=O)NC2CCCCC2)cc1C. The van der Waals surface area contributed by atoms with Crippen LogP contribution in [0, 0.1) is 13.8 Å². The molecule has 0 aromatic heterocycles. The van der Waals surface area contributed by atoms with Crippen LogP contribution in [0.3, 0.4) is 0 Å². The number of hydrogen-bond acceptors (Lipinski definition) is 3. The van der Waals surface area contributed by atoms with Gasteiger partial charge in [0.2, 0.25) is 5.91 Å². The number of carbonyl (C=O) groups is 2. The van der Waals surface area contributed by atoms with Gasteiger partial charge < -0.3 is 15.0 Å². The molecule has 2 aromatic rings. The first-order valence-electron chi connectivity index (χ1n) is 11.5. The molecular formula is C26H32Cl2N2O3. The zero-order chi connectivity index (χ0) is 24.0. The van der Waals surface area contributed by atoms with Gasteiger partial charge >= 0.3 is 0 Å². The van der Waals surface area contributed by atoms with Crippen LogP contribution in [0.15, 0.2) is 36.4 Å². The van der Waals surface area contributed by atoms with Crippen LogP contribution >= 0.6 is 23.2 Å². The first-order chi connectivity index (χ1) is 15.7. The molecule has 1 aliphatic rings. The van der Waals surface area contributed by atoms with E-state index in [1.165, 1.54) is 11.3 Å². The van der Waals surface area contributed by atoms with E-state index in [1.54, 1.807) is 25.1 Å². The van der Waals surface area contributed by atoms with Gasteiger partial charge in [0, 0.05) is 22.6 Å². The summed E-state index contributed by atoms with van der Waals surface area (Å²) in [5.41, 5.74) is 2.96. The highest BCUT2D eigenvalue weighted by Crippen LogP contribution is 2.24. The highest BCUT2D eigenvalue weighted by Gasteiger charge is 2.29. The average molecular weight is 491 g/mol. The van der Waals surface area contributed by atoms with Gasteiger partial charge in [-0.05, 0) is 74.6 Å². The lowest BCUT2D eigenvalue weighted by Crippen LogP contribution is -2.51. The van der Waals surface area contributed by atoms with Gasteiger partial charge in [-0.15, -0.1) is 0 Å². The summed E-state index contributed by atoms with van der Waals surface area (Å²) >= 11 is 12.4. The Hall–Kier alpha value is -2.24. The second kappa shape index (κ2) is 11.8. The Morgan fingerprint density at radius 2 is 1.79 bits per heavy atom. The molecule has 178 valence electrons. The molecule has 1 atom stereocenters. The van der Waals surface area contributed by atoms with Gasteiger partial charge in [0.15, 0.2) is 6.61 Å². The number of amides is 2. The molecule has 33 heavy (non-hydrogen) atoms. The second-order valence-corrected chi connectivity index (χ2v) is 9.66. The fourth-order valence-electron chi connectivity index (χ4n) is 4.02. The summed E-state index contributed by atoms with van der Waals surface area (Å²) in [4.78, 5) is 27.8. The summed E-state index contributed by atoms with van der Waals surface area (Å²) in [6.45, 7) is 5.78. The van der Waals surface area contributed by atoms with E-state index in [-0.39, 0.29) is 31.0 Å². The molecule has 0 radical (unpaired) electrons. The van der Waals surface area contributed by atoms with E-state index >= 15 is 0 Å². The largest absolute Gasteiger partial charge is 0.484 e. The van der Waals surface area contributed by atoms with Crippen molar-refractivity contribution >= 4 is 35.0 Å². The maximum Gasteiger partial charge on any atom is 0.261 e. The Bertz CT molecular complexity index is 989. The molecule has 0 saturated heterocycles. The minimum Gasteiger partial charge on any atom is -0.484 e. The molecule has 0 unspecified atom stereocenters. The number of ether oxygens (including phenoxy) is 1. The van der Waals surface area contributed by atoms with Gasteiger partial charge in [-0.2, -0.15) is 0 Å². The summed E-state index contributed by atoms with van der Waals surface area (Å²) in [6.07, 6.45) is 5.40. The van der Waals surface area contributed by atoms with Crippen molar-refractivity contribution in [3.63, 3.8) is 0 Å². The van der Waals surface area contributed by atoms with Crippen LogP contribution in [0.1, 0.15) is 55.7 Å². The van der Waals surface area contributed by atoms with E-state index in [9.17, 15) is 9.59 Å². The standard InChI is InChI=1S/C26H32Cl2N2O3/c1-17-9-12-23(13-18(17)2)33-16-25(31)30(15-20-10-11-21(27)14-24(20)28)19(3)26(32)29-22-7-5-4-6-8-22/h9-14,19,22H,4-8,15-16H2,1-3H3,(H,29,32)/t19-/m0/s1. The number of halogens is 2. The number of rotatable bonds is 8. The highest BCUT2D eigenvalue weighted by molar-refractivity contribution is 6.35. The van der Waals surface area contributed by atoms with Crippen molar-refractivity contribution in [1.29, 1.82) is 0 Å². The normalized spacial score (nSPS) is 15.1. The maximum atomic E-state index is 13.2. The Morgan fingerprint density at radius 1 is 1.06 bits per heavy atom. The van der Waals surface area contributed by atoms with Crippen LogP contribution in [0.25, 0.3) is 0 Å². The lowest BCUT2D eigenvalue weighted by Gasteiger charge is -2.31. The van der Waals surface area contributed by atoms with Crippen molar-refractivity contribution in [1.82, 2.24) is 10.2 Å². The van der Waals surface area contributed by atoms with Crippen molar-refractivity contribution in [2.45, 2.75) is 71.5 Å². The highest BCUT2D eigenvalue weighted by atomic mass is 35.5. The van der Waals surface area contributed by atoms with Crippen LogP contribution in [-0.4, -0.2) is 35.4 Å². The molecule has 2 aromatic carbocycles. The zero-order valence-electron chi connectivity index (χ0n) is 19.5. The molecule has 0 spiro atoms. The minimum atomic E-state index is -0.672. The number of carbonyl (C=O) groups excluding carboxylic acids is 2. The molecular weight excluding hydrogens is 459 g/mol. The van der Waals surface area contributed by atoms with Gasteiger partial charge in [-0.25, -0.2) is 0 Å². The number of benzene rings is 2. The van der Waals surface area contributed by atoms with Gasteiger partial charge in [0.05, 0.1) is 0 Å². The molecule has 7 heteroatoms. The summed E-state index contributed by atoms with van der Waals surface area (Å²) in [6, 6.07) is 10.3. The van der Waals surface area contributed by atoms with Crippen LogP contribution in [-0.2, 0) is 16.1 Å². The predicted molar refractivity (Wildman–Crippen MR) is 133 cm³/mol. The van der Waals surface area contributed by atoms with Crippen molar-refractivity contribution in [3.05, 3.63) is 63.1 Å². The molecule has 2 amide bonds. The molecule has 0 aliphatic heterocycles. The third-order valence-corrected chi connectivity index (χ3v) is 6.90. The first-order valence-corrected chi connectivity index (χ1v) is 12.2. The lowest BCUT2D eigenvalue weighted by molar-refractivity contribution is -0.142. The van der Waals surface area contributed by atoms with Crippen LogP contribution in [0.4, 0.5) is 0 Å². The van der Waals surface area contributed by atoms with Crippen LogP contribution in [0.2, 0.25) is 10.0 Å². The topological polar surface area (TPSA) is 58.6 Å². The third kappa shape index (κ3) is 7.12. The van der Waals surface area contributed by atoms with E-state index < -0.39 is 6.04 Å². The van der Waals surface area contributed by atoms with Gasteiger partial charge in [0.1, 0.15) is 11.8 Å². The number of hydrogen-bond donors (Lipinski definition) is 1. The predicted octanol–water partition coefficient (Wildman–Crippen LogP) is 5.86. The number of nitrogens with zero attached hydrogens (tertiary/aromatic N) is 1. The lowest BCUT2D eigenvalue weighted by atomic mass is 9.95. The van der Waals surface area contributed by atoms with Gasteiger partial charge in [-0.3, -0.25) is 9.59 Å². The van der Waals surface area contributed by atoms with E-state index in [1.807, 2.05) is 32.0 Å². The van der Waals surface area contributed by atoms with Crippen molar-refractivity contribution in [2.24, 2.45) is 0 Å². The van der Waals surface area contributed by atoms with Gasteiger partial charge in [-0.1, -0.05) is 54.6 Å². The molecule has 1 saturated carbocycles. The molecule has 0 bridgehead atoms. The van der Waals surface area contributed by atoms with E-state index in [0.29, 0.717) is 15.8 Å². The summed E-state index contributed by atoms with van der Waals surface area (Å²) in [5.74, 6) is 0.173. The van der Waals surface area contributed by atoms with E-state index in [4.69, 9.17) is 27.9 Å². The fraction of sp³-hybridized carbons (Fsp3) is 0.462. The second-order valence-electron chi connectivity index (χ2n) is 8.81. The number of nitrogens with one attached hydrogen (secondary N) is 1. The number of aryl methyl sites for hydroxylation is 2. The molecule has 3 rings (SSSR count). The Labute approximate surface area is 206 Å². The van der Waals surface area contributed by atoms with Crippen molar-refractivity contribution in [2.75, 3.05) is 6.61 Å². The quantitative estimate of drug-likeness (QED) is 0.504. The Balaban J connectivity index is 1.74. The van der Waals surface area contributed by atoms with Crippen molar-refractivity contribution in [3.8, 4) is 5.75 Å². The molecule has 1 fully saturated rings. The molecule has 1 aliphatic carbocycles. The summed E-state index contributed by atoms with van der Waals surface area (Å²) < 4.78 is 5.77.